The molecular weight excluding hydrogens is 345 g/mol. The van der Waals surface area contributed by atoms with Gasteiger partial charge in [0.05, 0.1) is 12.1 Å². The molecular formula is C17H14FN3O3S. The van der Waals surface area contributed by atoms with Gasteiger partial charge in [0, 0.05) is 17.3 Å². The predicted octanol–water partition coefficient (Wildman–Crippen LogP) is 2.29. The lowest BCUT2D eigenvalue weighted by molar-refractivity contribution is -0.115. The van der Waals surface area contributed by atoms with E-state index in [2.05, 4.69) is 15.0 Å². The molecule has 0 aliphatic rings. The van der Waals surface area contributed by atoms with Gasteiger partial charge in [-0.1, -0.05) is 24.3 Å². The average Bonchev–Trinajstić information content (AvgIpc) is 2.59. The topological polar surface area (TPSA) is 88.2 Å². The Hall–Kier alpha value is -2.84. The van der Waals surface area contributed by atoms with Crippen molar-refractivity contribution < 1.29 is 17.6 Å². The number of pyridine rings is 1. The molecule has 6 nitrogen and oxygen atoms in total. The summed E-state index contributed by atoms with van der Waals surface area (Å²) < 4.78 is 40.3. The minimum atomic E-state index is -3.93. The predicted molar refractivity (Wildman–Crippen MR) is 92.0 cm³/mol. The van der Waals surface area contributed by atoms with Gasteiger partial charge in [0.25, 0.3) is 0 Å². The fraction of sp³-hybridized carbons (Fsp3) is 0.0588. The van der Waals surface area contributed by atoms with Gasteiger partial charge in [-0.05, 0) is 30.3 Å². The van der Waals surface area contributed by atoms with Crippen molar-refractivity contribution in [3.63, 3.8) is 0 Å². The largest absolute Gasteiger partial charge is 0.325 e. The number of para-hydroxylation sites is 1. The van der Waals surface area contributed by atoms with Gasteiger partial charge >= 0.3 is 0 Å². The molecule has 1 amide bonds. The standard InChI is InChI=1S/C17H14FN3O3S/c18-13-6-2-7-14(10-13)21-16(22)11-20-25(23,24)15-8-1-4-12-5-3-9-19-17(12)15/h1-10,20H,11H2,(H,21,22). The third kappa shape index (κ3) is 3.98. The van der Waals surface area contributed by atoms with Gasteiger partial charge in [-0.3, -0.25) is 9.78 Å². The number of nitrogens with one attached hydrogen (secondary N) is 2. The van der Waals surface area contributed by atoms with Crippen LogP contribution in [0.2, 0.25) is 0 Å². The van der Waals surface area contributed by atoms with Crippen LogP contribution in [0.1, 0.15) is 0 Å². The fourth-order valence-electron chi connectivity index (χ4n) is 2.30. The van der Waals surface area contributed by atoms with Gasteiger partial charge in [0.15, 0.2) is 0 Å². The second-order valence-corrected chi connectivity index (χ2v) is 6.95. The molecule has 0 unspecified atom stereocenters. The van der Waals surface area contributed by atoms with Gasteiger partial charge < -0.3 is 5.32 Å². The van der Waals surface area contributed by atoms with E-state index in [1.165, 1.54) is 30.5 Å². The Labute approximate surface area is 143 Å². The molecule has 0 atom stereocenters. The lowest BCUT2D eigenvalue weighted by Gasteiger charge is -2.09. The molecule has 8 heteroatoms. The number of fused-ring (bicyclic) bond motifs is 1. The van der Waals surface area contributed by atoms with Crippen LogP contribution in [-0.2, 0) is 14.8 Å². The molecule has 3 rings (SSSR count). The summed E-state index contributed by atoms with van der Waals surface area (Å²) in [4.78, 5) is 16.0. The van der Waals surface area contributed by atoms with Crippen LogP contribution in [-0.4, -0.2) is 25.9 Å². The first-order valence-corrected chi connectivity index (χ1v) is 8.83. The Kier molecular flexibility index (Phi) is 4.73. The maximum absolute atomic E-state index is 13.1. The number of carbonyl (C=O) groups excluding carboxylic acids is 1. The highest BCUT2D eigenvalue weighted by Crippen LogP contribution is 2.20. The van der Waals surface area contributed by atoms with Crippen LogP contribution in [0.15, 0.2) is 65.7 Å². The highest BCUT2D eigenvalue weighted by molar-refractivity contribution is 7.89. The molecule has 2 aromatic carbocycles. The summed E-state index contributed by atoms with van der Waals surface area (Å²) in [6.07, 6.45) is 1.50. The van der Waals surface area contributed by atoms with Crippen molar-refractivity contribution in [2.24, 2.45) is 0 Å². The molecule has 0 aliphatic heterocycles. The summed E-state index contributed by atoms with van der Waals surface area (Å²) in [5.74, 6) is -1.11. The van der Waals surface area contributed by atoms with Crippen molar-refractivity contribution in [3.8, 4) is 0 Å². The Bertz CT molecular complexity index is 1030. The van der Waals surface area contributed by atoms with Crippen molar-refractivity contribution in [3.05, 3.63) is 66.6 Å². The maximum Gasteiger partial charge on any atom is 0.243 e. The third-order valence-electron chi connectivity index (χ3n) is 3.42. The zero-order valence-corrected chi connectivity index (χ0v) is 13.8. The van der Waals surface area contributed by atoms with Crippen molar-refractivity contribution in [2.75, 3.05) is 11.9 Å². The molecule has 0 bridgehead atoms. The van der Waals surface area contributed by atoms with Gasteiger partial charge in [-0.2, -0.15) is 0 Å². The monoisotopic (exact) mass is 359 g/mol. The van der Waals surface area contributed by atoms with E-state index in [0.717, 1.165) is 6.07 Å². The minimum Gasteiger partial charge on any atom is -0.325 e. The van der Waals surface area contributed by atoms with Gasteiger partial charge in [0.1, 0.15) is 10.7 Å². The zero-order valence-electron chi connectivity index (χ0n) is 12.9. The number of rotatable bonds is 5. The Balaban J connectivity index is 1.74. The lowest BCUT2D eigenvalue weighted by Crippen LogP contribution is -2.33. The second-order valence-electron chi connectivity index (χ2n) is 5.21. The summed E-state index contributed by atoms with van der Waals surface area (Å²) in [6.45, 7) is -0.484. The van der Waals surface area contributed by atoms with E-state index >= 15 is 0 Å². The SMILES string of the molecule is O=C(CNS(=O)(=O)c1cccc2cccnc12)Nc1cccc(F)c1. The number of hydrogen-bond acceptors (Lipinski definition) is 4. The van der Waals surface area contributed by atoms with Gasteiger partial charge in [0.2, 0.25) is 15.9 Å². The first kappa shape index (κ1) is 17.0. The summed E-state index contributed by atoms with van der Waals surface area (Å²) in [5, 5.41) is 3.10. The smallest absolute Gasteiger partial charge is 0.243 e. The van der Waals surface area contributed by atoms with E-state index < -0.39 is 28.3 Å². The summed E-state index contributed by atoms with van der Waals surface area (Å²) in [5.41, 5.74) is 0.569. The number of aromatic nitrogens is 1. The number of amides is 1. The fourth-order valence-corrected chi connectivity index (χ4v) is 3.46. The van der Waals surface area contributed by atoms with Crippen molar-refractivity contribution >= 4 is 32.5 Å². The zero-order chi connectivity index (χ0) is 17.9. The van der Waals surface area contributed by atoms with Crippen LogP contribution in [0.5, 0.6) is 0 Å². The van der Waals surface area contributed by atoms with Crippen LogP contribution in [0.25, 0.3) is 10.9 Å². The molecule has 2 N–H and O–H groups in total. The lowest BCUT2D eigenvalue weighted by atomic mass is 10.2. The average molecular weight is 359 g/mol. The molecule has 25 heavy (non-hydrogen) atoms. The Morgan fingerprint density at radius 3 is 2.64 bits per heavy atom. The first-order valence-electron chi connectivity index (χ1n) is 7.34. The van der Waals surface area contributed by atoms with Gasteiger partial charge in [-0.25, -0.2) is 17.5 Å². The Morgan fingerprint density at radius 2 is 1.84 bits per heavy atom. The maximum atomic E-state index is 13.1. The molecule has 0 radical (unpaired) electrons. The van der Waals surface area contributed by atoms with E-state index in [0.29, 0.717) is 10.9 Å². The van der Waals surface area contributed by atoms with Crippen LogP contribution in [0, 0.1) is 5.82 Å². The van der Waals surface area contributed by atoms with Crippen LogP contribution >= 0.6 is 0 Å². The van der Waals surface area contributed by atoms with E-state index in [4.69, 9.17) is 0 Å². The molecule has 0 saturated carbocycles. The van der Waals surface area contributed by atoms with Crippen molar-refractivity contribution in [1.82, 2.24) is 9.71 Å². The molecule has 3 aromatic rings. The normalized spacial score (nSPS) is 11.4. The van der Waals surface area contributed by atoms with Crippen molar-refractivity contribution in [1.29, 1.82) is 0 Å². The number of anilines is 1. The van der Waals surface area contributed by atoms with Gasteiger partial charge in [-0.15, -0.1) is 0 Å². The van der Waals surface area contributed by atoms with Crippen LogP contribution in [0.3, 0.4) is 0 Å². The van der Waals surface area contributed by atoms with Crippen LogP contribution in [0.4, 0.5) is 10.1 Å². The number of hydrogen-bond donors (Lipinski definition) is 2. The molecule has 1 heterocycles. The summed E-state index contributed by atoms with van der Waals surface area (Å²) in [7, 11) is -3.93. The molecule has 0 aliphatic carbocycles. The molecule has 0 spiro atoms. The minimum absolute atomic E-state index is 0.0100. The number of halogens is 1. The van der Waals surface area contributed by atoms with E-state index in [9.17, 15) is 17.6 Å². The Morgan fingerprint density at radius 1 is 1.08 bits per heavy atom. The van der Waals surface area contributed by atoms with E-state index in [1.807, 2.05) is 0 Å². The van der Waals surface area contributed by atoms with E-state index in [1.54, 1.807) is 24.3 Å². The molecule has 128 valence electrons. The van der Waals surface area contributed by atoms with Crippen molar-refractivity contribution in [2.45, 2.75) is 4.90 Å². The third-order valence-corrected chi connectivity index (χ3v) is 4.85. The quantitative estimate of drug-likeness (QED) is 0.732. The van der Waals surface area contributed by atoms with E-state index in [-0.39, 0.29) is 10.6 Å². The second kappa shape index (κ2) is 6.96. The summed E-state index contributed by atoms with van der Waals surface area (Å²) >= 11 is 0. The number of nitrogens with zero attached hydrogens (tertiary/aromatic N) is 1. The number of carbonyl (C=O) groups is 1. The molecule has 0 saturated heterocycles. The molecule has 1 aromatic heterocycles. The first-order chi connectivity index (χ1) is 12.0. The highest BCUT2D eigenvalue weighted by atomic mass is 32.2. The highest BCUT2D eigenvalue weighted by Gasteiger charge is 2.19. The number of sulfonamides is 1. The number of benzene rings is 2. The molecule has 0 fully saturated rings. The summed E-state index contributed by atoms with van der Waals surface area (Å²) in [6, 6.07) is 13.6. The van der Waals surface area contributed by atoms with Crippen LogP contribution < -0.4 is 10.0 Å².